The van der Waals surface area contributed by atoms with Crippen molar-refractivity contribution in [2.75, 3.05) is 55.1 Å². The fourth-order valence-corrected chi connectivity index (χ4v) is 5.75. The Morgan fingerprint density at radius 2 is 1.62 bits per heavy atom. The van der Waals surface area contributed by atoms with E-state index in [2.05, 4.69) is 5.32 Å². The number of anilines is 2. The van der Waals surface area contributed by atoms with Crippen LogP contribution in [0.3, 0.4) is 0 Å². The molecular formula is C21H28N4O5S2. The Morgan fingerprint density at radius 1 is 0.969 bits per heavy atom. The number of sulfonamides is 2. The van der Waals surface area contributed by atoms with E-state index in [9.17, 15) is 21.6 Å². The number of para-hydroxylation sites is 1. The Bertz CT molecular complexity index is 1150. The number of rotatable bonds is 8. The molecule has 1 amide bonds. The van der Waals surface area contributed by atoms with Gasteiger partial charge in [-0.25, -0.2) is 16.8 Å². The predicted octanol–water partition coefficient (Wildman–Crippen LogP) is 1.42. The second-order valence-corrected chi connectivity index (χ2v) is 11.7. The Morgan fingerprint density at radius 3 is 2.25 bits per heavy atom. The summed E-state index contributed by atoms with van der Waals surface area (Å²) in [4.78, 5) is 14.4. The first-order valence-corrected chi connectivity index (χ1v) is 13.3. The molecule has 9 nitrogen and oxygen atoms in total. The molecule has 2 aromatic carbocycles. The van der Waals surface area contributed by atoms with Gasteiger partial charge < -0.3 is 5.32 Å². The number of nitrogens with one attached hydrogen (secondary N) is 1. The summed E-state index contributed by atoms with van der Waals surface area (Å²) in [7, 11) is -5.53. The molecule has 0 aromatic heterocycles. The maximum atomic E-state index is 13.0. The second-order valence-electron chi connectivity index (χ2n) is 7.46. The molecule has 174 valence electrons. The lowest BCUT2D eigenvalue weighted by Crippen LogP contribution is -2.50. The normalized spacial score (nSPS) is 15.9. The van der Waals surface area contributed by atoms with Crippen LogP contribution in [0.5, 0.6) is 0 Å². The standard InChI is InChI=1S/C21H28N4O5S2/c1-3-31(27,28)25-14-12-24(13-15-25)17-21(26)22-18-8-7-11-20(16-18)32(29,30)23(2)19-9-5-4-6-10-19/h4-11,16H,3,12-15,17H2,1-2H3,(H,22,26). The van der Waals surface area contributed by atoms with Gasteiger partial charge in [-0.15, -0.1) is 0 Å². The molecule has 3 rings (SSSR count). The van der Waals surface area contributed by atoms with Gasteiger partial charge >= 0.3 is 0 Å². The summed E-state index contributed by atoms with van der Waals surface area (Å²) >= 11 is 0. The van der Waals surface area contributed by atoms with Crippen molar-refractivity contribution in [1.82, 2.24) is 9.21 Å². The minimum Gasteiger partial charge on any atom is -0.325 e. The molecule has 0 atom stereocenters. The van der Waals surface area contributed by atoms with E-state index in [-0.39, 0.29) is 23.1 Å². The molecule has 0 unspecified atom stereocenters. The number of carbonyl (C=O) groups is 1. The van der Waals surface area contributed by atoms with Gasteiger partial charge in [-0.1, -0.05) is 24.3 Å². The first-order chi connectivity index (χ1) is 15.1. The van der Waals surface area contributed by atoms with Crippen molar-refractivity contribution in [2.24, 2.45) is 0 Å². The van der Waals surface area contributed by atoms with Gasteiger partial charge in [-0.05, 0) is 37.3 Å². The molecule has 1 aliphatic heterocycles. The van der Waals surface area contributed by atoms with E-state index in [1.165, 1.54) is 27.8 Å². The Balaban J connectivity index is 1.62. The smallest absolute Gasteiger partial charge is 0.264 e. The third-order valence-electron chi connectivity index (χ3n) is 5.35. The van der Waals surface area contributed by atoms with Crippen molar-refractivity contribution in [1.29, 1.82) is 0 Å². The highest BCUT2D eigenvalue weighted by atomic mass is 32.2. The van der Waals surface area contributed by atoms with Gasteiger partial charge in [0.05, 0.1) is 22.9 Å². The van der Waals surface area contributed by atoms with Gasteiger partial charge in [-0.2, -0.15) is 4.31 Å². The summed E-state index contributed by atoms with van der Waals surface area (Å²) in [5.74, 6) is -0.227. The molecule has 1 saturated heterocycles. The Hall–Kier alpha value is -2.47. The third-order valence-corrected chi connectivity index (χ3v) is 9.02. The van der Waals surface area contributed by atoms with Crippen molar-refractivity contribution < 1.29 is 21.6 Å². The minimum absolute atomic E-state index is 0.0617. The quantitative estimate of drug-likeness (QED) is 0.612. The molecule has 1 heterocycles. The van der Waals surface area contributed by atoms with Crippen LogP contribution in [0, 0.1) is 0 Å². The van der Waals surface area contributed by atoms with Gasteiger partial charge in [0.25, 0.3) is 10.0 Å². The van der Waals surface area contributed by atoms with Crippen molar-refractivity contribution in [2.45, 2.75) is 11.8 Å². The van der Waals surface area contributed by atoms with Crippen LogP contribution < -0.4 is 9.62 Å². The van der Waals surface area contributed by atoms with Gasteiger partial charge in [0.15, 0.2) is 0 Å². The summed E-state index contributed by atoms with van der Waals surface area (Å²) in [6, 6.07) is 14.9. The van der Waals surface area contributed by atoms with Crippen LogP contribution in [0.25, 0.3) is 0 Å². The Kier molecular flexibility index (Phi) is 7.55. The summed E-state index contributed by atoms with van der Waals surface area (Å²) in [5.41, 5.74) is 0.913. The third kappa shape index (κ3) is 5.66. The van der Waals surface area contributed by atoms with Crippen molar-refractivity contribution in [3.05, 3.63) is 54.6 Å². The van der Waals surface area contributed by atoms with Crippen molar-refractivity contribution >= 4 is 37.3 Å². The molecule has 0 aliphatic carbocycles. The molecule has 32 heavy (non-hydrogen) atoms. The van der Waals surface area contributed by atoms with Crippen LogP contribution in [0.15, 0.2) is 59.5 Å². The lowest BCUT2D eigenvalue weighted by Gasteiger charge is -2.33. The number of hydrogen-bond donors (Lipinski definition) is 1. The van der Waals surface area contributed by atoms with Crippen LogP contribution >= 0.6 is 0 Å². The molecule has 0 saturated carbocycles. The molecule has 1 fully saturated rings. The highest BCUT2D eigenvalue weighted by Crippen LogP contribution is 2.23. The van der Waals surface area contributed by atoms with Gasteiger partial charge in [0.2, 0.25) is 15.9 Å². The summed E-state index contributed by atoms with van der Waals surface area (Å²) in [6.07, 6.45) is 0. The number of nitrogens with zero attached hydrogens (tertiary/aromatic N) is 3. The van der Waals surface area contributed by atoms with E-state index in [1.54, 1.807) is 43.3 Å². The van der Waals surface area contributed by atoms with Crippen LogP contribution in [0.1, 0.15) is 6.92 Å². The first-order valence-electron chi connectivity index (χ1n) is 10.3. The summed E-state index contributed by atoms with van der Waals surface area (Å²) < 4.78 is 52.5. The summed E-state index contributed by atoms with van der Waals surface area (Å²) in [6.45, 7) is 3.33. The minimum atomic E-state index is -3.79. The maximum absolute atomic E-state index is 13.0. The van der Waals surface area contributed by atoms with E-state index in [4.69, 9.17) is 0 Å². The van der Waals surface area contributed by atoms with E-state index in [0.29, 0.717) is 37.6 Å². The molecule has 2 aromatic rings. The van der Waals surface area contributed by atoms with Gasteiger partial charge in [0.1, 0.15) is 0 Å². The number of carbonyl (C=O) groups excluding carboxylic acids is 1. The van der Waals surface area contributed by atoms with E-state index < -0.39 is 20.0 Å². The van der Waals surface area contributed by atoms with E-state index >= 15 is 0 Å². The van der Waals surface area contributed by atoms with E-state index in [1.807, 2.05) is 11.0 Å². The molecular weight excluding hydrogens is 452 g/mol. The van der Waals surface area contributed by atoms with Crippen LogP contribution in [0.2, 0.25) is 0 Å². The van der Waals surface area contributed by atoms with Gasteiger partial charge in [-0.3, -0.25) is 14.0 Å². The fourth-order valence-electron chi connectivity index (χ4n) is 3.42. The first kappa shape index (κ1) is 24.2. The number of piperazine rings is 1. The van der Waals surface area contributed by atoms with Crippen molar-refractivity contribution in [3.63, 3.8) is 0 Å². The van der Waals surface area contributed by atoms with Crippen LogP contribution in [-0.4, -0.2) is 77.5 Å². The van der Waals surface area contributed by atoms with Crippen LogP contribution in [-0.2, 0) is 24.8 Å². The monoisotopic (exact) mass is 480 g/mol. The zero-order valence-electron chi connectivity index (χ0n) is 18.1. The number of benzene rings is 2. The topological polar surface area (TPSA) is 107 Å². The SMILES string of the molecule is CCS(=O)(=O)N1CCN(CC(=O)Nc2cccc(S(=O)(=O)N(C)c3ccccc3)c2)CC1. The molecule has 1 N–H and O–H groups in total. The molecule has 0 bridgehead atoms. The zero-order valence-corrected chi connectivity index (χ0v) is 19.8. The molecule has 0 radical (unpaired) electrons. The van der Waals surface area contributed by atoms with E-state index in [0.717, 1.165) is 0 Å². The zero-order chi connectivity index (χ0) is 23.4. The highest BCUT2D eigenvalue weighted by Gasteiger charge is 2.26. The molecule has 0 spiro atoms. The highest BCUT2D eigenvalue weighted by molar-refractivity contribution is 7.92. The molecule has 11 heteroatoms. The van der Waals surface area contributed by atoms with Crippen molar-refractivity contribution in [3.8, 4) is 0 Å². The lowest BCUT2D eigenvalue weighted by molar-refractivity contribution is -0.117. The average Bonchev–Trinajstić information content (AvgIpc) is 2.79. The maximum Gasteiger partial charge on any atom is 0.264 e. The van der Waals surface area contributed by atoms with Gasteiger partial charge in [0, 0.05) is 38.9 Å². The fraction of sp³-hybridized carbons (Fsp3) is 0.381. The summed E-state index contributed by atoms with van der Waals surface area (Å²) in [5, 5.41) is 2.74. The second kappa shape index (κ2) is 9.99. The Labute approximate surface area is 189 Å². The molecule has 1 aliphatic rings. The number of hydrogen-bond acceptors (Lipinski definition) is 6. The van der Waals surface area contributed by atoms with Crippen LogP contribution in [0.4, 0.5) is 11.4 Å². The average molecular weight is 481 g/mol. The largest absolute Gasteiger partial charge is 0.325 e. The number of amides is 1. The predicted molar refractivity (Wildman–Crippen MR) is 125 cm³/mol. The lowest BCUT2D eigenvalue weighted by atomic mass is 10.3.